The topological polar surface area (TPSA) is 60.5 Å². The van der Waals surface area contributed by atoms with Crippen LogP contribution in [0.4, 0.5) is 5.13 Å². The first-order valence-electron chi connectivity index (χ1n) is 7.35. The number of benzene rings is 1. The molecule has 22 heavy (non-hydrogen) atoms. The van der Waals surface area contributed by atoms with E-state index in [9.17, 15) is 4.79 Å². The molecule has 5 nitrogen and oxygen atoms in total. The number of nitrogens with zero attached hydrogens (tertiary/aromatic N) is 1. The van der Waals surface area contributed by atoms with E-state index in [1.807, 2.05) is 19.1 Å². The molecule has 0 fully saturated rings. The molecule has 1 unspecified atom stereocenters. The molecule has 1 aromatic heterocycles. The summed E-state index contributed by atoms with van der Waals surface area (Å²) in [6.45, 7) is 9.21. The van der Waals surface area contributed by atoms with Gasteiger partial charge in [0.1, 0.15) is 13.2 Å². The number of ether oxygens (including phenoxy) is 2. The van der Waals surface area contributed by atoms with E-state index >= 15 is 0 Å². The minimum Gasteiger partial charge on any atom is -0.486 e. The Balaban J connectivity index is 1.85. The highest BCUT2D eigenvalue weighted by molar-refractivity contribution is 7.22. The molecule has 2 heterocycles. The van der Waals surface area contributed by atoms with Gasteiger partial charge in [-0.25, -0.2) is 4.98 Å². The highest BCUT2D eigenvalue weighted by atomic mass is 32.1. The maximum Gasteiger partial charge on any atom is 0.229 e. The normalized spacial score (nSPS) is 15.6. The van der Waals surface area contributed by atoms with Gasteiger partial charge in [0, 0.05) is 18.1 Å². The van der Waals surface area contributed by atoms with Crippen molar-refractivity contribution >= 4 is 32.6 Å². The van der Waals surface area contributed by atoms with Gasteiger partial charge in [0.2, 0.25) is 5.91 Å². The number of anilines is 1. The van der Waals surface area contributed by atoms with Crippen molar-refractivity contribution < 1.29 is 14.3 Å². The van der Waals surface area contributed by atoms with Crippen LogP contribution < -0.4 is 14.8 Å². The predicted octanol–water partition coefficient (Wildman–Crippen LogP) is 3.69. The lowest BCUT2D eigenvalue weighted by molar-refractivity contribution is -0.122. The van der Waals surface area contributed by atoms with Gasteiger partial charge in [-0.1, -0.05) is 39.0 Å². The van der Waals surface area contributed by atoms with Crippen molar-refractivity contribution in [1.82, 2.24) is 4.98 Å². The third kappa shape index (κ3) is 2.88. The van der Waals surface area contributed by atoms with Crippen molar-refractivity contribution in [2.45, 2.75) is 27.7 Å². The van der Waals surface area contributed by atoms with E-state index in [0.29, 0.717) is 24.1 Å². The Morgan fingerprint density at radius 3 is 2.55 bits per heavy atom. The molecule has 1 atom stereocenters. The fraction of sp³-hybridized carbons (Fsp3) is 0.500. The zero-order valence-electron chi connectivity index (χ0n) is 13.2. The summed E-state index contributed by atoms with van der Waals surface area (Å²) in [6.07, 6.45) is 0. The molecule has 2 aromatic rings. The van der Waals surface area contributed by atoms with Gasteiger partial charge in [0.15, 0.2) is 16.6 Å². The maximum atomic E-state index is 12.3. The molecular weight excluding hydrogens is 300 g/mol. The number of carbonyl (C=O) groups is 1. The number of nitrogens with one attached hydrogen (secondary N) is 1. The molecule has 1 aliphatic heterocycles. The molecule has 1 amide bonds. The lowest BCUT2D eigenvalue weighted by atomic mass is 9.81. The van der Waals surface area contributed by atoms with Gasteiger partial charge in [-0.3, -0.25) is 4.79 Å². The summed E-state index contributed by atoms with van der Waals surface area (Å²) >= 11 is 1.45. The fourth-order valence-corrected chi connectivity index (χ4v) is 3.00. The van der Waals surface area contributed by atoms with Crippen LogP contribution in [0.3, 0.4) is 0 Å². The second kappa shape index (κ2) is 5.43. The Bertz CT molecular complexity index is 675. The molecule has 1 N–H and O–H groups in total. The minimum atomic E-state index is -0.0978. The molecular formula is C16H20N2O3S. The van der Waals surface area contributed by atoms with E-state index in [0.717, 1.165) is 16.0 Å². The van der Waals surface area contributed by atoms with E-state index in [-0.39, 0.29) is 17.2 Å². The smallest absolute Gasteiger partial charge is 0.229 e. The second-order valence-electron chi connectivity index (χ2n) is 6.56. The Morgan fingerprint density at radius 2 is 1.91 bits per heavy atom. The van der Waals surface area contributed by atoms with E-state index in [4.69, 9.17) is 9.47 Å². The monoisotopic (exact) mass is 320 g/mol. The van der Waals surface area contributed by atoms with Crippen molar-refractivity contribution in [2.24, 2.45) is 11.3 Å². The molecule has 3 rings (SSSR count). The van der Waals surface area contributed by atoms with Gasteiger partial charge in [-0.2, -0.15) is 0 Å². The van der Waals surface area contributed by atoms with Gasteiger partial charge >= 0.3 is 0 Å². The van der Waals surface area contributed by atoms with Gasteiger partial charge < -0.3 is 14.8 Å². The first-order valence-corrected chi connectivity index (χ1v) is 8.17. The molecule has 0 saturated carbocycles. The van der Waals surface area contributed by atoms with Crippen molar-refractivity contribution in [3.8, 4) is 11.5 Å². The van der Waals surface area contributed by atoms with E-state index in [1.54, 1.807) is 0 Å². The van der Waals surface area contributed by atoms with E-state index in [2.05, 4.69) is 31.1 Å². The van der Waals surface area contributed by atoms with Crippen LogP contribution in [0.5, 0.6) is 11.5 Å². The van der Waals surface area contributed by atoms with Gasteiger partial charge in [-0.05, 0) is 5.41 Å². The molecule has 0 bridgehead atoms. The van der Waals surface area contributed by atoms with Gasteiger partial charge in [-0.15, -0.1) is 0 Å². The number of aromatic nitrogens is 1. The predicted molar refractivity (Wildman–Crippen MR) is 87.9 cm³/mol. The van der Waals surface area contributed by atoms with Crippen LogP contribution in [0.1, 0.15) is 27.7 Å². The van der Waals surface area contributed by atoms with Crippen LogP contribution in [0.15, 0.2) is 12.1 Å². The van der Waals surface area contributed by atoms with Crippen LogP contribution >= 0.6 is 11.3 Å². The Hall–Kier alpha value is -1.82. The molecule has 6 heteroatoms. The van der Waals surface area contributed by atoms with Crippen molar-refractivity contribution in [1.29, 1.82) is 0 Å². The van der Waals surface area contributed by atoms with Crippen LogP contribution in [-0.4, -0.2) is 24.1 Å². The fourth-order valence-electron chi connectivity index (χ4n) is 2.13. The Morgan fingerprint density at radius 1 is 1.27 bits per heavy atom. The zero-order valence-corrected chi connectivity index (χ0v) is 14.0. The number of fused-ring (bicyclic) bond motifs is 2. The Kier molecular flexibility index (Phi) is 3.72. The third-order valence-electron chi connectivity index (χ3n) is 3.97. The minimum absolute atomic E-state index is 0.0104. The summed E-state index contributed by atoms with van der Waals surface area (Å²) in [4.78, 5) is 16.8. The van der Waals surface area contributed by atoms with Crippen molar-refractivity contribution in [2.75, 3.05) is 18.5 Å². The number of hydrogen-bond donors (Lipinski definition) is 1. The van der Waals surface area contributed by atoms with E-state index < -0.39 is 0 Å². The highest BCUT2D eigenvalue weighted by Crippen LogP contribution is 2.38. The molecule has 0 spiro atoms. The first kappa shape index (κ1) is 15.1. The number of carbonyl (C=O) groups excluding carboxylic acids is 1. The van der Waals surface area contributed by atoms with Gasteiger partial charge in [0.05, 0.1) is 10.2 Å². The molecule has 1 aromatic carbocycles. The van der Waals surface area contributed by atoms with E-state index in [1.165, 1.54) is 11.3 Å². The summed E-state index contributed by atoms with van der Waals surface area (Å²) in [6, 6.07) is 3.79. The quantitative estimate of drug-likeness (QED) is 0.917. The summed E-state index contributed by atoms with van der Waals surface area (Å²) < 4.78 is 12.1. The molecule has 0 radical (unpaired) electrons. The van der Waals surface area contributed by atoms with Gasteiger partial charge in [0.25, 0.3) is 0 Å². The lowest BCUT2D eigenvalue weighted by Gasteiger charge is -2.25. The third-order valence-corrected chi connectivity index (χ3v) is 4.91. The van der Waals surface area contributed by atoms with Crippen LogP contribution in [0.25, 0.3) is 10.2 Å². The Labute approximate surface area is 133 Å². The summed E-state index contributed by atoms with van der Waals surface area (Å²) in [5, 5.41) is 3.52. The largest absolute Gasteiger partial charge is 0.486 e. The summed E-state index contributed by atoms with van der Waals surface area (Å²) in [5.74, 6) is 1.34. The first-order chi connectivity index (χ1) is 10.3. The highest BCUT2D eigenvalue weighted by Gasteiger charge is 2.27. The lowest BCUT2D eigenvalue weighted by Crippen LogP contribution is -2.30. The molecule has 0 saturated heterocycles. The standard InChI is InChI=1S/C16H20N2O3S/c1-9(16(2,3)4)14(19)18-15-17-10-7-11-12(8-13(10)22-15)21-6-5-20-11/h7-9H,5-6H2,1-4H3,(H,17,18,19). The summed E-state index contributed by atoms with van der Waals surface area (Å²) in [7, 11) is 0. The number of thiazole rings is 1. The second-order valence-corrected chi connectivity index (χ2v) is 7.59. The SMILES string of the molecule is CC(C(=O)Nc1nc2cc3c(cc2s1)OCCO3)C(C)(C)C. The zero-order chi connectivity index (χ0) is 15.9. The molecule has 0 aliphatic carbocycles. The molecule has 118 valence electrons. The van der Waals surface area contributed by atoms with Crippen LogP contribution in [0.2, 0.25) is 0 Å². The average molecular weight is 320 g/mol. The van der Waals surface area contributed by atoms with Crippen LogP contribution in [0, 0.1) is 11.3 Å². The number of rotatable bonds is 2. The number of hydrogen-bond acceptors (Lipinski definition) is 5. The summed E-state index contributed by atoms with van der Waals surface area (Å²) in [5.41, 5.74) is 0.731. The van der Waals surface area contributed by atoms with Crippen LogP contribution in [-0.2, 0) is 4.79 Å². The number of amides is 1. The van der Waals surface area contributed by atoms with Crippen molar-refractivity contribution in [3.05, 3.63) is 12.1 Å². The maximum absolute atomic E-state index is 12.3. The van der Waals surface area contributed by atoms with Crippen molar-refractivity contribution in [3.63, 3.8) is 0 Å². The molecule has 1 aliphatic rings. The average Bonchev–Trinajstić information content (AvgIpc) is 2.83.